The molecule has 0 aliphatic heterocycles. The number of anilines is 1. The maximum Gasteiger partial charge on any atom is 0.231 e. The molecular weight excluding hydrogens is 231 g/mol. The van der Waals surface area contributed by atoms with Crippen molar-refractivity contribution in [3.05, 3.63) is 29.0 Å². The first-order valence-electron chi connectivity index (χ1n) is 5.05. The number of nitrogens with one attached hydrogen (secondary N) is 1. The van der Waals surface area contributed by atoms with Crippen LogP contribution in [0.2, 0.25) is 5.02 Å². The van der Waals surface area contributed by atoms with Crippen LogP contribution >= 0.6 is 11.6 Å². The van der Waals surface area contributed by atoms with Gasteiger partial charge in [0.2, 0.25) is 5.91 Å². The molecule has 1 aliphatic rings. The number of hydrogen-bond donors (Lipinski definition) is 2. The van der Waals surface area contributed by atoms with Gasteiger partial charge in [-0.2, -0.15) is 0 Å². The van der Waals surface area contributed by atoms with Crippen molar-refractivity contribution in [2.45, 2.75) is 12.8 Å². The molecule has 0 saturated heterocycles. The Balaban J connectivity index is 2.15. The summed E-state index contributed by atoms with van der Waals surface area (Å²) in [4.78, 5) is 11.8. The molecule has 3 nitrogen and oxygen atoms in total. The molecule has 86 valence electrons. The second kappa shape index (κ2) is 4.03. The number of halogens is 2. The maximum atomic E-state index is 13.5. The zero-order chi connectivity index (χ0) is 11.8. The molecule has 0 spiro atoms. The molecule has 3 N–H and O–H groups in total. The van der Waals surface area contributed by atoms with E-state index >= 15 is 0 Å². The zero-order valence-electron chi connectivity index (χ0n) is 8.59. The lowest BCUT2D eigenvalue weighted by Gasteiger charge is -2.13. The topological polar surface area (TPSA) is 55.1 Å². The van der Waals surface area contributed by atoms with Gasteiger partial charge in [0.1, 0.15) is 0 Å². The van der Waals surface area contributed by atoms with Gasteiger partial charge in [0.25, 0.3) is 0 Å². The highest BCUT2D eigenvalue weighted by atomic mass is 35.5. The van der Waals surface area contributed by atoms with Crippen molar-refractivity contribution in [1.29, 1.82) is 0 Å². The minimum absolute atomic E-state index is 0.00426. The summed E-state index contributed by atoms with van der Waals surface area (Å²) < 4.78 is 13.5. The van der Waals surface area contributed by atoms with Crippen LogP contribution in [0, 0.1) is 11.2 Å². The lowest BCUT2D eigenvalue weighted by atomic mass is 10.1. The third-order valence-electron chi connectivity index (χ3n) is 2.93. The van der Waals surface area contributed by atoms with Crippen molar-refractivity contribution >= 4 is 23.2 Å². The smallest absolute Gasteiger partial charge is 0.231 e. The standard InChI is InChI=1S/C11H12ClFN2O/c12-7-2-1-3-8(9(7)13)15-10(16)11(6-14)4-5-11/h1-3H,4-6,14H2,(H,15,16). The molecule has 0 heterocycles. The highest BCUT2D eigenvalue weighted by molar-refractivity contribution is 6.31. The Kier molecular flexibility index (Phi) is 2.86. The Morgan fingerprint density at radius 2 is 2.25 bits per heavy atom. The number of nitrogens with two attached hydrogens (primary N) is 1. The Labute approximate surface area is 97.8 Å². The third kappa shape index (κ3) is 1.90. The molecule has 5 heteroatoms. The number of carbonyl (C=O) groups excluding carboxylic acids is 1. The van der Waals surface area contributed by atoms with E-state index < -0.39 is 11.2 Å². The summed E-state index contributed by atoms with van der Waals surface area (Å²) in [6.45, 7) is 0.293. The van der Waals surface area contributed by atoms with E-state index in [2.05, 4.69) is 5.32 Å². The van der Waals surface area contributed by atoms with Gasteiger partial charge in [0, 0.05) is 6.54 Å². The van der Waals surface area contributed by atoms with Gasteiger partial charge in [-0.05, 0) is 25.0 Å². The van der Waals surface area contributed by atoms with Crippen LogP contribution in [0.1, 0.15) is 12.8 Å². The highest BCUT2D eigenvalue weighted by Crippen LogP contribution is 2.45. The van der Waals surface area contributed by atoms with Crippen LogP contribution in [0.5, 0.6) is 0 Å². The average Bonchev–Trinajstić information content (AvgIpc) is 3.05. The van der Waals surface area contributed by atoms with Crippen LogP contribution in [-0.2, 0) is 4.79 Å². The van der Waals surface area contributed by atoms with E-state index in [1.165, 1.54) is 12.1 Å². The molecule has 0 atom stereocenters. The molecule has 1 fully saturated rings. The number of carbonyl (C=O) groups is 1. The summed E-state index contributed by atoms with van der Waals surface area (Å²) in [5, 5.41) is 2.52. The molecule has 1 aromatic carbocycles. The third-order valence-corrected chi connectivity index (χ3v) is 3.22. The summed E-state index contributed by atoms with van der Waals surface area (Å²) in [5.41, 5.74) is 5.13. The van der Waals surface area contributed by atoms with Gasteiger partial charge in [-0.1, -0.05) is 17.7 Å². The Morgan fingerprint density at radius 1 is 1.56 bits per heavy atom. The van der Waals surface area contributed by atoms with Crippen molar-refractivity contribution in [3.8, 4) is 0 Å². The quantitative estimate of drug-likeness (QED) is 0.853. The van der Waals surface area contributed by atoms with Crippen LogP contribution in [0.3, 0.4) is 0 Å². The molecular formula is C11H12ClFN2O. The van der Waals surface area contributed by atoms with E-state index in [1.807, 2.05) is 0 Å². The summed E-state index contributed by atoms with van der Waals surface area (Å²) in [7, 11) is 0. The van der Waals surface area contributed by atoms with E-state index in [9.17, 15) is 9.18 Å². The molecule has 1 aliphatic carbocycles. The first-order chi connectivity index (χ1) is 7.59. The van der Waals surface area contributed by atoms with E-state index in [0.29, 0.717) is 6.54 Å². The molecule has 1 aromatic rings. The first-order valence-corrected chi connectivity index (χ1v) is 5.42. The number of hydrogen-bond acceptors (Lipinski definition) is 2. The van der Waals surface area contributed by atoms with Gasteiger partial charge in [0.15, 0.2) is 5.82 Å². The molecule has 0 aromatic heterocycles. The SMILES string of the molecule is NCC1(C(=O)Nc2cccc(Cl)c2F)CC1. The van der Waals surface area contributed by atoms with Gasteiger partial charge in [0.05, 0.1) is 16.1 Å². The first kappa shape index (κ1) is 11.4. The van der Waals surface area contributed by atoms with Gasteiger partial charge in [-0.3, -0.25) is 4.79 Å². The lowest BCUT2D eigenvalue weighted by Crippen LogP contribution is -2.31. The molecule has 0 bridgehead atoms. The van der Waals surface area contributed by atoms with Gasteiger partial charge in [-0.25, -0.2) is 4.39 Å². The summed E-state index contributed by atoms with van der Waals surface area (Å²) in [5.74, 6) is -0.832. The molecule has 2 rings (SSSR count). The second-order valence-corrected chi connectivity index (χ2v) is 4.45. The predicted molar refractivity (Wildman–Crippen MR) is 60.8 cm³/mol. The van der Waals surface area contributed by atoms with Crippen molar-refractivity contribution in [2.24, 2.45) is 11.1 Å². The number of amides is 1. The Hall–Kier alpha value is -1.13. The molecule has 1 amide bonds. The summed E-state index contributed by atoms with van der Waals surface area (Å²) in [6, 6.07) is 4.50. The number of rotatable bonds is 3. The van der Waals surface area contributed by atoms with Crippen molar-refractivity contribution in [1.82, 2.24) is 0 Å². The van der Waals surface area contributed by atoms with Crippen molar-refractivity contribution in [2.75, 3.05) is 11.9 Å². The van der Waals surface area contributed by atoms with Crippen molar-refractivity contribution in [3.63, 3.8) is 0 Å². The lowest BCUT2D eigenvalue weighted by molar-refractivity contribution is -0.120. The van der Waals surface area contributed by atoms with Crippen LogP contribution in [0.25, 0.3) is 0 Å². The van der Waals surface area contributed by atoms with E-state index in [0.717, 1.165) is 12.8 Å². The Morgan fingerprint density at radius 3 is 2.81 bits per heavy atom. The fourth-order valence-electron chi connectivity index (χ4n) is 1.53. The van der Waals surface area contributed by atoms with E-state index in [-0.39, 0.29) is 16.6 Å². The van der Waals surface area contributed by atoms with Gasteiger partial charge in [-0.15, -0.1) is 0 Å². The molecule has 0 unspecified atom stereocenters. The number of benzene rings is 1. The second-order valence-electron chi connectivity index (χ2n) is 4.04. The summed E-state index contributed by atoms with van der Waals surface area (Å²) >= 11 is 5.61. The van der Waals surface area contributed by atoms with Crippen LogP contribution in [0.15, 0.2) is 18.2 Å². The predicted octanol–water partition coefficient (Wildman–Crippen LogP) is 2.16. The minimum Gasteiger partial charge on any atom is -0.329 e. The largest absolute Gasteiger partial charge is 0.329 e. The molecule has 16 heavy (non-hydrogen) atoms. The normalized spacial score (nSPS) is 16.9. The van der Waals surface area contributed by atoms with Gasteiger partial charge >= 0.3 is 0 Å². The van der Waals surface area contributed by atoms with E-state index in [1.54, 1.807) is 6.07 Å². The monoisotopic (exact) mass is 242 g/mol. The highest BCUT2D eigenvalue weighted by Gasteiger charge is 2.48. The van der Waals surface area contributed by atoms with Crippen LogP contribution < -0.4 is 11.1 Å². The molecule has 0 radical (unpaired) electrons. The average molecular weight is 243 g/mol. The minimum atomic E-state index is -0.606. The maximum absolute atomic E-state index is 13.5. The van der Waals surface area contributed by atoms with Crippen molar-refractivity contribution < 1.29 is 9.18 Å². The summed E-state index contributed by atoms with van der Waals surface area (Å²) in [6.07, 6.45) is 1.52. The Bertz CT molecular complexity index is 432. The molecule has 1 saturated carbocycles. The van der Waals surface area contributed by atoms with Gasteiger partial charge < -0.3 is 11.1 Å². The van der Waals surface area contributed by atoms with Crippen LogP contribution in [-0.4, -0.2) is 12.5 Å². The fourth-order valence-corrected chi connectivity index (χ4v) is 1.70. The fraction of sp³-hybridized carbons (Fsp3) is 0.364. The zero-order valence-corrected chi connectivity index (χ0v) is 9.35. The van der Waals surface area contributed by atoms with Crippen LogP contribution in [0.4, 0.5) is 10.1 Å². The van der Waals surface area contributed by atoms with E-state index in [4.69, 9.17) is 17.3 Å².